The molecule has 0 radical (unpaired) electrons. The first kappa shape index (κ1) is 30.2. The maximum atomic E-state index is 13.7. The van der Waals surface area contributed by atoms with Crippen molar-refractivity contribution in [3.63, 3.8) is 0 Å². The van der Waals surface area contributed by atoms with Crippen molar-refractivity contribution in [1.29, 1.82) is 0 Å². The van der Waals surface area contributed by atoms with Gasteiger partial charge in [0, 0.05) is 75.1 Å². The van der Waals surface area contributed by atoms with Crippen LogP contribution in [-0.4, -0.2) is 79.9 Å². The van der Waals surface area contributed by atoms with E-state index in [0.29, 0.717) is 56.1 Å². The average molecular weight is 590 g/mol. The number of carbonyl (C=O) groups excluding carboxylic acids is 3. The maximum Gasteiger partial charge on any atom is 0.255 e. The van der Waals surface area contributed by atoms with Gasteiger partial charge >= 0.3 is 0 Å². The number of rotatable bonds is 5. The van der Waals surface area contributed by atoms with Crippen LogP contribution in [0.4, 0.5) is 20.2 Å². The van der Waals surface area contributed by atoms with E-state index < -0.39 is 17.5 Å². The predicted molar refractivity (Wildman–Crippen MR) is 163 cm³/mol. The maximum absolute atomic E-state index is 13.7. The molecule has 0 saturated carbocycles. The lowest BCUT2D eigenvalue weighted by Crippen LogP contribution is -2.49. The Morgan fingerprint density at radius 3 is 1.86 bits per heavy atom. The number of carbonyl (C=O) groups is 3. The zero-order valence-corrected chi connectivity index (χ0v) is 24.8. The molecule has 0 aliphatic carbocycles. The molecule has 2 aliphatic heterocycles. The van der Waals surface area contributed by atoms with Crippen molar-refractivity contribution in [3.8, 4) is 0 Å². The van der Waals surface area contributed by atoms with Crippen molar-refractivity contribution in [3.05, 3.63) is 94.6 Å². The molecule has 0 unspecified atom stereocenters. The van der Waals surface area contributed by atoms with Gasteiger partial charge in [0.2, 0.25) is 0 Å². The van der Waals surface area contributed by atoms with Crippen molar-refractivity contribution in [2.45, 2.75) is 26.2 Å². The van der Waals surface area contributed by atoms with Crippen LogP contribution in [0.25, 0.3) is 0 Å². The molecule has 3 aromatic rings. The van der Waals surface area contributed by atoms with Crippen molar-refractivity contribution < 1.29 is 23.2 Å². The summed E-state index contributed by atoms with van der Waals surface area (Å²) in [7, 11) is 0. The van der Waals surface area contributed by atoms with Gasteiger partial charge in [-0.05, 0) is 53.4 Å². The summed E-state index contributed by atoms with van der Waals surface area (Å²) in [5, 5.41) is 6.27. The fourth-order valence-electron chi connectivity index (χ4n) is 5.42. The van der Waals surface area contributed by atoms with Gasteiger partial charge in [-0.1, -0.05) is 32.9 Å². The lowest BCUT2D eigenvalue weighted by Gasteiger charge is -2.37. The molecule has 2 N–H and O–H groups in total. The summed E-state index contributed by atoms with van der Waals surface area (Å²) < 4.78 is 27.4. The number of piperazine rings is 2. The largest absolute Gasteiger partial charge is 0.366 e. The minimum atomic E-state index is -0.800. The number of hydrogen-bond acceptors (Lipinski definition) is 5. The van der Waals surface area contributed by atoms with Gasteiger partial charge in [-0.15, -0.1) is 0 Å². The van der Waals surface area contributed by atoms with Gasteiger partial charge in [0.1, 0.15) is 11.6 Å². The van der Waals surface area contributed by atoms with E-state index in [-0.39, 0.29) is 22.8 Å². The summed E-state index contributed by atoms with van der Waals surface area (Å²) >= 11 is 0. The molecule has 8 nitrogen and oxygen atoms in total. The number of halogens is 2. The van der Waals surface area contributed by atoms with E-state index in [0.717, 1.165) is 42.5 Å². The summed E-state index contributed by atoms with van der Waals surface area (Å²) in [6, 6.07) is 15.6. The zero-order valence-electron chi connectivity index (χ0n) is 24.8. The molecule has 0 atom stereocenters. The number of nitrogens with one attached hydrogen (secondary N) is 2. The Hall–Kier alpha value is -4.31. The van der Waals surface area contributed by atoms with Gasteiger partial charge in [0.25, 0.3) is 17.7 Å². The smallest absolute Gasteiger partial charge is 0.255 e. The quantitative estimate of drug-likeness (QED) is 0.457. The number of anilines is 2. The Balaban J connectivity index is 1.37. The van der Waals surface area contributed by atoms with Crippen LogP contribution < -0.4 is 15.5 Å². The van der Waals surface area contributed by atoms with Crippen molar-refractivity contribution in [2.75, 3.05) is 62.6 Å². The van der Waals surface area contributed by atoms with E-state index >= 15 is 0 Å². The van der Waals surface area contributed by atoms with Crippen LogP contribution in [0.2, 0.25) is 0 Å². The number of amides is 3. The minimum absolute atomic E-state index is 0.0350. The third-order valence-corrected chi connectivity index (χ3v) is 7.93. The minimum Gasteiger partial charge on any atom is -0.366 e. The van der Waals surface area contributed by atoms with Crippen LogP contribution in [0, 0.1) is 11.6 Å². The SMILES string of the molecule is CC(C)(C)c1ccc(C(=O)Nc2cc(C(=O)N3CCNCC3)ccc2N2CCN(C(=O)c3cc(F)cc(F)c3)CC2)cc1. The molecule has 2 aliphatic rings. The Bertz CT molecular complexity index is 1490. The number of benzene rings is 3. The third kappa shape index (κ3) is 7.02. The molecule has 2 heterocycles. The average Bonchev–Trinajstić information content (AvgIpc) is 3.00. The van der Waals surface area contributed by atoms with Gasteiger partial charge in [0.15, 0.2) is 0 Å². The first-order valence-corrected chi connectivity index (χ1v) is 14.6. The van der Waals surface area contributed by atoms with E-state index in [9.17, 15) is 23.2 Å². The van der Waals surface area contributed by atoms with Crippen LogP contribution in [0.3, 0.4) is 0 Å². The van der Waals surface area contributed by atoms with E-state index in [4.69, 9.17) is 0 Å². The Morgan fingerprint density at radius 1 is 0.698 bits per heavy atom. The van der Waals surface area contributed by atoms with Crippen LogP contribution in [0.15, 0.2) is 60.7 Å². The highest BCUT2D eigenvalue weighted by molar-refractivity contribution is 6.07. The summed E-state index contributed by atoms with van der Waals surface area (Å²) in [5.74, 6) is -2.44. The van der Waals surface area contributed by atoms with Crippen LogP contribution in [-0.2, 0) is 5.41 Å². The van der Waals surface area contributed by atoms with Gasteiger partial charge in [-0.25, -0.2) is 8.78 Å². The van der Waals surface area contributed by atoms with Gasteiger partial charge in [-0.3, -0.25) is 14.4 Å². The summed E-state index contributed by atoms with van der Waals surface area (Å²) in [5.41, 5.74) is 3.22. The molecule has 2 saturated heterocycles. The summed E-state index contributed by atoms with van der Waals surface area (Å²) in [6.07, 6.45) is 0. The van der Waals surface area contributed by atoms with Gasteiger partial charge in [0.05, 0.1) is 11.4 Å². The summed E-state index contributed by atoms with van der Waals surface area (Å²) in [6.45, 7) is 10.5. The molecule has 0 aromatic heterocycles. The van der Waals surface area contributed by atoms with Crippen LogP contribution >= 0.6 is 0 Å². The molecule has 5 rings (SSSR count). The zero-order chi connectivity index (χ0) is 30.7. The molecule has 0 bridgehead atoms. The van der Waals surface area contributed by atoms with Gasteiger partial charge < -0.3 is 25.3 Å². The van der Waals surface area contributed by atoms with E-state index in [2.05, 4.69) is 31.4 Å². The van der Waals surface area contributed by atoms with Crippen molar-refractivity contribution in [2.24, 2.45) is 0 Å². The third-order valence-electron chi connectivity index (χ3n) is 7.93. The van der Waals surface area contributed by atoms with Gasteiger partial charge in [-0.2, -0.15) is 0 Å². The molecule has 2 fully saturated rings. The second kappa shape index (κ2) is 12.5. The second-order valence-electron chi connectivity index (χ2n) is 12.0. The molecule has 3 amide bonds. The molecule has 226 valence electrons. The van der Waals surface area contributed by atoms with Crippen LogP contribution in [0.1, 0.15) is 57.4 Å². The van der Waals surface area contributed by atoms with E-state index in [1.54, 1.807) is 34.1 Å². The predicted octanol–water partition coefficient (Wildman–Crippen LogP) is 4.52. The highest BCUT2D eigenvalue weighted by atomic mass is 19.1. The fourth-order valence-corrected chi connectivity index (χ4v) is 5.42. The number of nitrogens with zero attached hydrogens (tertiary/aromatic N) is 3. The highest BCUT2D eigenvalue weighted by Crippen LogP contribution is 2.30. The highest BCUT2D eigenvalue weighted by Gasteiger charge is 2.26. The van der Waals surface area contributed by atoms with E-state index in [1.165, 1.54) is 0 Å². The molecule has 43 heavy (non-hydrogen) atoms. The lowest BCUT2D eigenvalue weighted by atomic mass is 9.86. The lowest BCUT2D eigenvalue weighted by molar-refractivity contribution is 0.0731. The van der Waals surface area contributed by atoms with Crippen LogP contribution in [0.5, 0.6) is 0 Å². The normalized spacial score (nSPS) is 15.8. The van der Waals surface area contributed by atoms with E-state index in [1.807, 2.05) is 23.1 Å². The molecule has 0 spiro atoms. The molecule has 3 aromatic carbocycles. The van der Waals surface area contributed by atoms with Crippen molar-refractivity contribution in [1.82, 2.24) is 15.1 Å². The molecular weight excluding hydrogens is 552 g/mol. The standard InChI is InChI=1S/C33H37F2N5O3/c1-33(2,3)25-7-4-22(5-8-25)30(41)37-28-20-23(31(42)39-12-10-36-11-13-39)6-9-29(28)38-14-16-40(17-15-38)32(43)24-18-26(34)21-27(35)19-24/h4-9,18-21,36H,10-17H2,1-3H3,(H,37,41). The summed E-state index contributed by atoms with van der Waals surface area (Å²) in [4.78, 5) is 45.0. The monoisotopic (exact) mass is 589 g/mol. The molecule has 10 heteroatoms. The fraction of sp³-hybridized carbons (Fsp3) is 0.364. The topological polar surface area (TPSA) is 85.0 Å². The second-order valence-corrected chi connectivity index (χ2v) is 12.0. The molecular formula is C33H37F2N5O3. The first-order chi connectivity index (χ1) is 20.5. The Labute approximate surface area is 250 Å². The Kier molecular flexibility index (Phi) is 8.77. The van der Waals surface area contributed by atoms with Crippen molar-refractivity contribution >= 4 is 29.1 Å². The Morgan fingerprint density at radius 2 is 1.26 bits per heavy atom. The first-order valence-electron chi connectivity index (χ1n) is 14.6. The number of hydrogen-bond donors (Lipinski definition) is 2.